The normalized spacial score (nSPS) is 14.0. The molecule has 2 rings (SSSR count). The molecule has 2 aromatic rings. The molecule has 0 aromatic heterocycles. The van der Waals surface area contributed by atoms with E-state index in [9.17, 15) is 35.9 Å². The Morgan fingerprint density at radius 3 is 1.20 bits per heavy atom. The Bertz CT molecular complexity index is 1020. The Hall–Kier alpha value is -3.43. The number of rotatable bonds is 12. The molecule has 0 heterocycles. The lowest BCUT2D eigenvalue weighted by molar-refractivity contribution is -0.270. The summed E-state index contributed by atoms with van der Waals surface area (Å²) in [6, 6.07) is 16.4. The van der Waals surface area contributed by atoms with Gasteiger partial charge in [-0.05, 0) is 11.1 Å². The third-order valence-electron chi connectivity index (χ3n) is 5.43. The van der Waals surface area contributed by atoms with Crippen LogP contribution in [0.15, 0.2) is 86.0 Å². The summed E-state index contributed by atoms with van der Waals surface area (Å²) >= 11 is 0. The van der Waals surface area contributed by atoms with Gasteiger partial charge in [0.1, 0.15) is 0 Å². The van der Waals surface area contributed by atoms with Gasteiger partial charge in [0, 0.05) is 12.8 Å². The molecular weight excluding hydrogens is 582 g/mol. The van der Waals surface area contributed by atoms with Gasteiger partial charge in [-0.3, -0.25) is 20.4 Å². The van der Waals surface area contributed by atoms with Crippen LogP contribution in [0.25, 0.3) is 0 Å². The lowest BCUT2D eigenvalue weighted by Crippen LogP contribution is -2.59. The highest BCUT2D eigenvalue weighted by Gasteiger charge is 2.62. The first-order valence-electron chi connectivity index (χ1n) is 11.5. The highest BCUT2D eigenvalue weighted by Crippen LogP contribution is 2.39. The summed E-state index contributed by atoms with van der Waals surface area (Å²) in [5, 5.41) is 0. The van der Waals surface area contributed by atoms with Gasteiger partial charge in [0.15, 0.2) is 0 Å². The van der Waals surface area contributed by atoms with Crippen LogP contribution in [-0.4, -0.2) is 35.4 Å². The minimum absolute atomic E-state index is 0. The van der Waals surface area contributed by atoms with E-state index in [1.807, 2.05) is 0 Å². The number of hydrogen-bond acceptors (Lipinski definition) is 6. The zero-order chi connectivity index (χ0) is 30.5. The number of amides is 2. The molecule has 41 heavy (non-hydrogen) atoms. The van der Waals surface area contributed by atoms with E-state index < -0.39 is 48.2 Å². The zero-order valence-corrected chi connectivity index (χ0v) is 22.5. The first-order valence-corrected chi connectivity index (χ1v) is 11.5. The monoisotopic (exact) mass is 612 g/mol. The van der Waals surface area contributed by atoms with Crippen molar-refractivity contribution in [3.8, 4) is 0 Å². The minimum atomic E-state index is -4.92. The zero-order valence-electron chi connectivity index (χ0n) is 21.6. The first-order chi connectivity index (χ1) is 18.7. The topological polar surface area (TPSA) is 129 Å². The van der Waals surface area contributed by atoms with Crippen molar-refractivity contribution in [1.29, 1.82) is 0 Å². The molecule has 0 aliphatic rings. The summed E-state index contributed by atoms with van der Waals surface area (Å²) in [5.41, 5.74) is -2.06. The molecule has 0 saturated heterocycles. The van der Waals surface area contributed by atoms with Crippen molar-refractivity contribution in [3.63, 3.8) is 0 Å². The number of carbonyl (C=O) groups excluding carboxylic acids is 2. The smallest absolute Gasteiger partial charge is 0.352 e. The van der Waals surface area contributed by atoms with E-state index in [1.165, 1.54) is 10.9 Å². The molecule has 0 saturated carbocycles. The second-order valence-electron chi connectivity index (χ2n) is 8.13. The van der Waals surface area contributed by atoms with Gasteiger partial charge in [-0.2, -0.15) is 26.3 Å². The maximum Gasteiger partial charge on any atom is 0.427 e. The molecule has 228 valence electrons. The van der Waals surface area contributed by atoms with Crippen molar-refractivity contribution >= 4 is 24.2 Å². The average molecular weight is 613 g/mol. The molecule has 15 heteroatoms. The number of halogens is 7. The van der Waals surface area contributed by atoms with E-state index in [2.05, 4.69) is 13.2 Å². The standard InChI is InChI=1S/2C13H15F3N2O2.ClH/c2*1-2-8-12(11(19)18-17,13(14,15)16)20-9-10-6-4-3-5-7-10;/h2*2-7H,1,8-9,17H2,(H,18,19);1H. The van der Waals surface area contributed by atoms with Crippen molar-refractivity contribution < 1.29 is 45.4 Å². The molecule has 2 atom stereocenters. The Morgan fingerprint density at radius 1 is 0.683 bits per heavy atom. The van der Waals surface area contributed by atoms with E-state index in [-0.39, 0.29) is 25.6 Å². The summed E-state index contributed by atoms with van der Waals surface area (Å²) in [4.78, 5) is 23.1. The van der Waals surface area contributed by atoms with Gasteiger partial charge >= 0.3 is 12.4 Å². The van der Waals surface area contributed by atoms with Crippen LogP contribution in [0.5, 0.6) is 0 Å². The number of alkyl halides is 6. The van der Waals surface area contributed by atoms with Crippen molar-refractivity contribution in [1.82, 2.24) is 10.9 Å². The summed E-state index contributed by atoms with van der Waals surface area (Å²) in [6.45, 7) is 5.71. The number of hydrogen-bond donors (Lipinski definition) is 4. The van der Waals surface area contributed by atoms with Crippen LogP contribution in [0.2, 0.25) is 0 Å². The van der Waals surface area contributed by atoms with Crippen LogP contribution in [0.4, 0.5) is 26.3 Å². The molecule has 0 aliphatic heterocycles. The quantitative estimate of drug-likeness (QED) is 0.0915. The van der Waals surface area contributed by atoms with Crippen molar-refractivity contribution in [2.24, 2.45) is 11.7 Å². The van der Waals surface area contributed by atoms with Gasteiger partial charge < -0.3 is 9.47 Å². The Kier molecular flexibility index (Phi) is 15.3. The summed E-state index contributed by atoms with van der Waals surface area (Å²) in [7, 11) is 0. The second-order valence-corrected chi connectivity index (χ2v) is 8.13. The van der Waals surface area contributed by atoms with Crippen LogP contribution in [-0.2, 0) is 32.3 Å². The highest BCUT2D eigenvalue weighted by molar-refractivity contribution is 5.86. The third kappa shape index (κ3) is 9.86. The van der Waals surface area contributed by atoms with Crippen LogP contribution < -0.4 is 22.5 Å². The van der Waals surface area contributed by atoms with Gasteiger partial charge in [0.2, 0.25) is 11.2 Å². The lowest BCUT2D eigenvalue weighted by Gasteiger charge is -2.32. The van der Waals surface area contributed by atoms with Crippen LogP contribution >= 0.6 is 12.4 Å². The van der Waals surface area contributed by atoms with Crippen LogP contribution in [0, 0.1) is 0 Å². The number of nitrogens with one attached hydrogen (secondary N) is 2. The largest absolute Gasteiger partial charge is 0.427 e. The molecule has 0 spiro atoms. The highest BCUT2D eigenvalue weighted by atomic mass is 35.5. The van der Waals surface area contributed by atoms with Crippen LogP contribution in [0.1, 0.15) is 24.0 Å². The molecule has 2 amide bonds. The maximum absolute atomic E-state index is 13.2. The van der Waals surface area contributed by atoms with E-state index in [0.717, 1.165) is 12.2 Å². The molecular formula is C26H31ClF6N4O4. The molecule has 0 fully saturated rings. The van der Waals surface area contributed by atoms with E-state index in [1.54, 1.807) is 60.7 Å². The van der Waals surface area contributed by atoms with Gasteiger partial charge in [0.25, 0.3) is 11.8 Å². The Labute approximate surface area is 239 Å². The fraction of sp³-hybridized carbons (Fsp3) is 0.308. The van der Waals surface area contributed by atoms with E-state index in [4.69, 9.17) is 21.2 Å². The van der Waals surface area contributed by atoms with Crippen molar-refractivity contribution in [3.05, 3.63) is 97.1 Å². The molecule has 2 unspecified atom stereocenters. The summed E-state index contributed by atoms with van der Waals surface area (Å²) < 4.78 is 89.0. The number of ether oxygens (including phenoxy) is 2. The van der Waals surface area contributed by atoms with Crippen molar-refractivity contribution in [2.75, 3.05) is 0 Å². The summed E-state index contributed by atoms with van der Waals surface area (Å²) in [5.74, 6) is 6.77. The fourth-order valence-electron chi connectivity index (χ4n) is 3.29. The molecule has 0 aliphatic carbocycles. The minimum Gasteiger partial charge on any atom is -0.352 e. The molecule has 6 N–H and O–H groups in total. The summed E-state index contributed by atoms with van der Waals surface area (Å²) in [6.07, 6.45) is -9.36. The van der Waals surface area contributed by atoms with Crippen molar-refractivity contribution in [2.45, 2.75) is 49.6 Å². The lowest BCUT2D eigenvalue weighted by atomic mass is 9.97. The van der Waals surface area contributed by atoms with Gasteiger partial charge in [0.05, 0.1) is 13.2 Å². The van der Waals surface area contributed by atoms with Crippen LogP contribution in [0.3, 0.4) is 0 Å². The fourth-order valence-corrected chi connectivity index (χ4v) is 3.29. The molecule has 0 radical (unpaired) electrons. The van der Waals surface area contributed by atoms with E-state index in [0.29, 0.717) is 11.1 Å². The number of carbonyl (C=O) groups is 2. The van der Waals surface area contributed by atoms with Gasteiger partial charge in [-0.25, -0.2) is 11.7 Å². The van der Waals surface area contributed by atoms with E-state index >= 15 is 0 Å². The number of nitrogens with two attached hydrogens (primary N) is 2. The second kappa shape index (κ2) is 16.7. The average Bonchev–Trinajstić information content (AvgIpc) is 2.92. The van der Waals surface area contributed by atoms with Gasteiger partial charge in [-0.1, -0.05) is 72.8 Å². The van der Waals surface area contributed by atoms with Gasteiger partial charge in [-0.15, -0.1) is 25.6 Å². The molecule has 8 nitrogen and oxygen atoms in total. The molecule has 2 aromatic carbocycles. The third-order valence-corrected chi connectivity index (χ3v) is 5.43. The number of benzene rings is 2. The molecule has 0 bridgehead atoms. The Morgan fingerprint density at radius 2 is 0.976 bits per heavy atom. The first kappa shape index (κ1) is 37.6. The number of hydrazine groups is 2. The predicted molar refractivity (Wildman–Crippen MR) is 142 cm³/mol. The SMILES string of the molecule is C=CCC(OCc1ccccc1)(C(=O)NN)C(F)(F)F.C=CCC(OCc1ccccc1)(C(=O)NN)C(F)(F)F.Cl. The Balaban J connectivity index is 0.000000762. The maximum atomic E-state index is 13.2. The predicted octanol–water partition coefficient (Wildman–Crippen LogP) is 4.56.